The summed E-state index contributed by atoms with van der Waals surface area (Å²) < 4.78 is 30.2. The molecule has 0 bridgehead atoms. The number of alkyl halides is 2. The number of halogens is 2. The van der Waals surface area contributed by atoms with E-state index in [9.17, 15) is 4.79 Å². The summed E-state index contributed by atoms with van der Waals surface area (Å²) in [4.78, 5) is 18.3. The molecular formula is C21H37F2N3O. The molecule has 3 aliphatic heterocycles. The van der Waals surface area contributed by atoms with E-state index in [0.717, 1.165) is 58.7 Å². The number of hydrogen-bond donors (Lipinski definition) is 0. The third-order valence-electron chi connectivity index (χ3n) is 7.30. The van der Waals surface area contributed by atoms with Gasteiger partial charge in [-0.3, -0.25) is 9.69 Å². The quantitative estimate of drug-likeness (QED) is 0.743. The molecule has 0 N–H and O–H groups in total. The smallest absolute Gasteiger partial charge is 0.266 e. The summed E-state index contributed by atoms with van der Waals surface area (Å²) in [5.41, 5.74) is -0.776. The highest BCUT2D eigenvalue weighted by Crippen LogP contribution is 2.50. The second-order valence-corrected chi connectivity index (χ2v) is 9.33. The zero-order chi connectivity index (χ0) is 19.7. The summed E-state index contributed by atoms with van der Waals surface area (Å²) in [5, 5.41) is 0. The highest BCUT2D eigenvalue weighted by molar-refractivity contribution is 5.78. The topological polar surface area (TPSA) is 26.8 Å². The van der Waals surface area contributed by atoms with Crippen LogP contribution in [0, 0.1) is 17.3 Å². The molecule has 0 saturated carbocycles. The molecule has 4 nitrogen and oxygen atoms in total. The number of hydrogen-bond acceptors (Lipinski definition) is 3. The Balaban J connectivity index is 1.49. The van der Waals surface area contributed by atoms with E-state index >= 15 is 8.78 Å². The predicted molar refractivity (Wildman–Crippen MR) is 104 cm³/mol. The van der Waals surface area contributed by atoms with Crippen LogP contribution in [0.3, 0.4) is 0 Å². The van der Waals surface area contributed by atoms with Crippen LogP contribution in [-0.4, -0.2) is 78.9 Å². The van der Waals surface area contributed by atoms with E-state index < -0.39 is 11.3 Å². The molecule has 3 rings (SSSR count). The van der Waals surface area contributed by atoms with Crippen LogP contribution >= 0.6 is 0 Å². The van der Waals surface area contributed by atoms with Gasteiger partial charge in [0.2, 0.25) is 5.91 Å². The van der Waals surface area contributed by atoms with Gasteiger partial charge in [-0.25, -0.2) is 8.78 Å². The Kier molecular flexibility index (Phi) is 6.46. The average Bonchev–Trinajstić information content (AvgIpc) is 2.65. The first-order chi connectivity index (χ1) is 12.8. The largest absolute Gasteiger partial charge is 0.342 e. The zero-order valence-corrected chi connectivity index (χ0v) is 17.4. The number of amides is 1. The number of likely N-dealkylation sites (tertiary alicyclic amines) is 3. The van der Waals surface area contributed by atoms with Gasteiger partial charge in [0, 0.05) is 31.0 Å². The Morgan fingerprint density at radius 2 is 1.56 bits per heavy atom. The summed E-state index contributed by atoms with van der Waals surface area (Å²) in [7, 11) is 0. The van der Waals surface area contributed by atoms with Gasteiger partial charge in [-0.15, -0.1) is 0 Å². The van der Waals surface area contributed by atoms with Crippen LogP contribution in [0.15, 0.2) is 0 Å². The zero-order valence-electron chi connectivity index (χ0n) is 17.4. The fourth-order valence-electron chi connectivity index (χ4n) is 5.22. The van der Waals surface area contributed by atoms with Crippen LogP contribution in [-0.2, 0) is 4.79 Å². The van der Waals surface area contributed by atoms with E-state index in [1.165, 1.54) is 0 Å². The monoisotopic (exact) mass is 385 g/mol. The molecule has 0 aromatic rings. The van der Waals surface area contributed by atoms with Crippen molar-refractivity contribution in [3.63, 3.8) is 0 Å². The number of rotatable bonds is 4. The molecule has 0 aromatic heterocycles. The van der Waals surface area contributed by atoms with Crippen molar-refractivity contribution in [1.82, 2.24) is 14.7 Å². The van der Waals surface area contributed by atoms with Crippen LogP contribution in [0.5, 0.6) is 0 Å². The molecule has 0 atom stereocenters. The fraction of sp³-hybridized carbons (Fsp3) is 0.952. The van der Waals surface area contributed by atoms with Crippen molar-refractivity contribution in [2.75, 3.05) is 52.4 Å². The van der Waals surface area contributed by atoms with Crippen molar-refractivity contribution < 1.29 is 13.6 Å². The average molecular weight is 386 g/mol. The molecule has 0 radical (unpaired) electrons. The van der Waals surface area contributed by atoms with Crippen LogP contribution in [0.4, 0.5) is 8.78 Å². The van der Waals surface area contributed by atoms with Crippen LogP contribution < -0.4 is 0 Å². The molecule has 3 saturated heterocycles. The second-order valence-electron chi connectivity index (χ2n) is 9.33. The minimum Gasteiger partial charge on any atom is -0.342 e. The molecule has 0 aliphatic carbocycles. The standard InChI is InChI=1S/C21H37F2N3O/c1-4-24-12-7-20(8-13-24)9-14-25(16-21(20,22)23)15-18-5-10-26(11-6-18)19(27)17(2)3/h17-18H,4-16H2,1-3H3. The van der Waals surface area contributed by atoms with Gasteiger partial charge in [0.1, 0.15) is 0 Å². The van der Waals surface area contributed by atoms with E-state index in [-0.39, 0.29) is 18.4 Å². The van der Waals surface area contributed by atoms with Crippen molar-refractivity contribution in [2.24, 2.45) is 17.3 Å². The minimum absolute atomic E-state index is 0.0395. The summed E-state index contributed by atoms with van der Waals surface area (Å²) in [6.07, 6.45) is 3.78. The molecule has 3 aliphatic rings. The van der Waals surface area contributed by atoms with Crippen molar-refractivity contribution >= 4 is 5.91 Å². The lowest BCUT2D eigenvalue weighted by Gasteiger charge is -2.51. The molecule has 1 spiro atoms. The molecule has 6 heteroatoms. The Labute approximate surface area is 163 Å². The number of nitrogens with zero attached hydrogens (tertiary/aromatic N) is 3. The van der Waals surface area contributed by atoms with Gasteiger partial charge in [0.05, 0.1) is 6.54 Å². The molecular weight excluding hydrogens is 348 g/mol. The van der Waals surface area contributed by atoms with Crippen LogP contribution in [0.2, 0.25) is 0 Å². The Bertz CT molecular complexity index is 510. The van der Waals surface area contributed by atoms with Gasteiger partial charge >= 0.3 is 0 Å². The van der Waals surface area contributed by atoms with E-state index in [1.54, 1.807) is 0 Å². The van der Waals surface area contributed by atoms with Gasteiger partial charge in [-0.1, -0.05) is 20.8 Å². The lowest BCUT2D eigenvalue weighted by atomic mass is 9.68. The van der Waals surface area contributed by atoms with Crippen molar-refractivity contribution in [3.8, 4) is 0 Å². The first-order valence-electron chi connectivity index (χ1n) is 10.9. The lowest BCUT2D eigenvalue weighted by Crippen LogP contribution is -2.59. The van der Waals surface area contributed by atoms with E-state index in [1.807, 2.05) is 23.6 Å². The SMILES string of the molecule is CCN1CCC2(CC1)CCN(CC1CCN(C(=O)C(C)C)CC1)CC2(F)F. The molecule has 0 aromatic carbocycles. The highest BCUT2D eigenvalue weighted by atomic mass is 19.3. The van der Waals surface area contributed by atoms with Gasteiger partial charge in [0.25, 0.3) is 5.92 Å². The third-order valence-corrected chi connectivity index (χ3v) is 7.30. The summed E-state index contributed by atoms with van der Waals surface area (Å²) in [6.45, 7) is 11.6. The van der Waals surface area contributed by atoms with Crippen molar-refractivity contribution in [1.29, 1.82) is 0 Å². The lowest BCUT2D eigenvalue weighted by molar-refractivity contribution is -0.189. The normalized spacial score (nSPS) is 27.4. The van der Waals surface area contributed by atoms with Crippen molar-refractivity contribution in [2.45, 2.75) is 58.8 Å². The maximum absolute atomic E-state index is 15.1. The molecule has 3 fully saturated rings. The Hall–Kier alpha value is -0.750. The van der Waals surface area contributed by atoms with E-state index in [0.29, 0.717) is 25.2 Å². The van der Waals surface area contributed by atoms with Gasteiger partial charge < -0.3 is 9.80 Å². The van der Waals surface area contributed by atoms with Gasteiger partial charge in [-0.05, 0) is 64.2 Å². The van der Waals surface area contributed by atoms with Crippen LogP contribution in [0.1, 0.15) is 52.9 Å². The Morgan fingerprint density at radius 1 is 1.00 bits per heavy atom. The van der Waals surface area contributed by atoms with Crippen molar-refractivity contribution in [3.05, 3.63) is 0 Å². The maximum Gasteiger partial charge on any atom is 0.266 e. The first kappa shape index (κ1) is 21.0. The minimum atomic E-state index is -2.58. The first-order valence-corrected chi connectivity index (χ1v) is 10.9. The summed E-state index contributed by atoms with van der Waals surface area (Å²) in [5.74, 6) is -1.89. The van der Waals surface area contributed by atoms with Crippen LogP contribution in [0.25, 0.3) is 0 Å². The fourth-order valence-corrected chi connectivity index (χ4v) is 5.22. The van der Waals surface area contributed by atoms with Gasteiger partial charge in [-0.2, -0.15) is 0 Å². The predicted octanol–water partition coefficient (Wildman–Crippen LogP) is 3.32. The molecule has 156 valence electrons. The number of piperidine rings is 3. The maximum atomic E-state index is 15.1. The summed E-state index contributed by atoms with van der Waals surface area (Å²) in [6, 6.07) is 0. The highest BCUT2D eigenvalue weighted by Gasteiger charge is 2.57. The second kappa shape index (κ2) is 8.32. The molecule has 27 heavy (non-hydrogen) atoms. The molecule has 1 amide bonds. The van der Waals surface area contributed by atoms with Gasteiger partial charge in [0.15, 0.2) is 0 Å². The number of carbonyl (C=O) groups excluding carboxylic acids is 1. The Morgan fingerprint density at radius 3 is 2.07 bits per heavy atom. The third kappa shape index (κ3) is 4.47. The number of carbonyl (C=O) groups is 1. The van der Waals surface area contributed by atoms with E-state index in [4.69, 9.17) is 0 Å². The molecule has 0 unspecified atom stereocenters. The summed E-state index contributed by atoms with van der Waals surface area (Å²) >= 11 is 0. The molecule has 3 heterocycles. The van der Waals surface area contributed by atoms with E-state index in [2.05, 4.69) is 11.8 Å².